The number of benzene rings is 2. The monoisotopic (exact) mass is 302 g/mol. The number of hydrogen-bond acceptors (Lipinski definition) is 2. The van der Waals surface area contributed by atoms with Gasteiger partial charge in [0, 0.05) is 4.47 Å². The molecule has 0 aromatic heterocycles. The highest BCUT2D eigenvalue weighted by atomic mass is 79.9. The molecular formula is C15H11BrO2. The Morgan fingerprint density at radius 2 is 1.50 bits per heavy atom. The molecule has 18 heavy (non-hydrogen) atoms. The Morgan fingerprint density at radius 1 is 1.00 bits per heavy atom. The molecule has 0 bridgehead atoms. The van der Waals surface area contributed by atoms with Crippen LogP contribution in [0.5, 0.6) is 11.5 Å². The minimum atomic E-state index is -0.869. The first-order valence-corrected chi connectivity index (χ1v) is 6.16. The smallest absolute Gasteiger partial charge is 0.139 e. The zero-order chi connectivity index (χ0) is 13.0. The second-order valence-corrected chi connectivity index (χ2v) is 4.61. The molecule has 0 radical (unpaired) electrons. The lowest BCUT2D eigenvalue weighted by Crippen LogP contribution is -1.92. The summed E-state index contributed by atoms with van der Waals surface area (Å²) in [6.45, 7) is 0. The molecule has 90 valence electrons. The first-order valence-electron chi connectivity index (χ1n) is 5.36. The van der Waals surface area contributed by atoms with E-state index < -0.39 is 6.10 Å². The van der Waals surface area contributed by atoms with Gasteiger partial charge in [0.25, 0.3) is 0 Å². The third-order valence-electron chi connectivity index (χ3n) is 2.40. The molecule has 2 rings (SSSR count). The minimum Gasteiger partial charge on any atom is -0.457 e. The standard InChI is InChI=1S/C15H11BrO2/c1-2-15(17)11-3-7-13(8-4-11)18-14-9-5-12(16)6-10-14/h1,3-10,15,17H. The van der Waals surface area contributed by atoms with E-state index in [9.17, 15) is 5.11 Å². The topological polar surface area (TPSA) is 29.5 Å². The van der Waals surface area contributed by atoms with Crippen LogP contribution in [-0.2, 0) is 0 Å². The third-order valence-corrected chi connectivity index (χ3v) is 2.93. The molecular weight excluding hydrogens is 292 g/mol. The fraction of sp³-hybridized carbons (Fsp3) is 0.0667. The van der Waals surface area contributed by atoms with Gasteiger partial charge in [0.2, 0.25) is 0 Å². The van der Waals surface area contributed by atoms with Crippen molar-refractivity contribution < 1.29 is 9.84 Å². The first kappa shape index (κ1) is 12.7. The maximum absolute atomic E-state index is 9.46. The fourth-order valence-electron chi connectivity index (χ4n) is 1.45. The zero-order valence-electron chi connectivity index (χ0n) is 9.51. The van der Waals surface area contributed by atoms with Crippen molar-refractivity contribution in [2.45, 2.75) is 6.10 Å². The highest BCUT2D eigenvalue weighted by molar-refractivity contribution is 9.10. The molecule has 2 nitrogen and oxygen atoms in total. The van der Waals surface area contributed by atoms with Crippen LogP contribution in [0.3, 0.4) is 0 Å². The van der Waals surface area contributed by atoms with Gasteiger partial charge in [0.1, 0.15) is 17.6 Å². The highest BCUT2D eigenvalue weighted by Gasteiger charge is 2.03. The van der Waals surface area contributed by atoms with Crippen LogP contribution in [-0.4, -0.2) is 5.11 Å². The molecule has 0 fully saturated rings. The Balaban J connectivity index is 2.11. The van der Waals surface area contributed by atoms with Gasteiger partial charge in [-0.2, -0.15) is 0 Å². The summed E-state index contributed by atoms with van der Waals surface area (Å²) >= 11 is 3.36. The lowest BCUT2D eigenvalue weighted by molar-refractivity contribution is 0.238. The normalized spacial score (nSPS) is 11.6. The molecule has 0 spiro atoms. The first-order chi connectivity index (χ1) is 8.69. The van der Waals surface area contributed by atoms with Crippen molar-refractivity contribution >= 4 is 15.9 Å². The van der Waals surface area contributed by atoms with Gasteiger partial charge in [-0.25, -0.2) is 0 Å². The Kier molecular flexibility index (Phi) is 4.03. The Bertz CT molecular complexity index is 553. The van der Waals surface area contributed by atoms with Gasteiger partial charge < -0.3 is 9.84 Å². The average Bonchev–Trinajstić information content (AvgIpc) is 2.41. The summed E-state index contributed by atoms with van der Waals surface area (Å²) in [5, 5.41) is 9.46. The number of aliphatic hydroxyl groups is 1. The fourth-order valence-corrected chi connectivity index (χ4v) is 1.72. The van der Waals surface area contributed by atoms with Crippen molar-refractivity contribution in [2.24, 2.45) is 0 Å². The van der Waals surface area contributed by atoms with Crippen molar-refractivity contribution in [3.05, 3.63) is 58.6 Å². The molecule has 2 aromatic carbocycles. The van der Waals surface area contributed by atoms with Gasteiger partial charge in [-0.1, -0.05) is 34.0 Å². The quantitative estimate of drug-likeness (QED) is 0.871. The zero-order valence-corrected chi connectivity index (χ0v) is 11.1. The number of terminal acetylenes is 1. The Hall–Kier alpha value is -1.76. The molecule has 0 aliphatic carbocycles. The summed E-state index contributed by atoms with van der Waals surface area (Å²) in [6, 6.07) is 14.6. The van der Waals surface area contributed by atoms with Gasteiger partial charge in [-0.15, -0.1) is 6.42 Å². The molecule has 0 saturated carbocycles. The molecule has 1 N–H and O–H groups in total. The van der Waals surface area contributed by atoms with E-state index in [4.69, 9.17) is 11.2 Å². The molecule has 0 aliphatic heterocycles. The van der Waals surface area contributed by atoms with Crippen LogP contribution in [0.1, 0.15) is 11.7 Å². The van der Waals surface area contributed by atoms with Gasteiger partial charge >= 0.3 is 0 Å². The molecule has 0 saturated heterocycles. The van der Waals surface area contributed by atoms with Gasteiger partial charge in [-0.3, -0.25) is 0 Å². The number of hydrogen-bond donors (Lipinski definition) is 1. The molecule has 0 amide bonds. The lowest BCUT2D eigenvalue weighted by atomic mass is 10.1. The van der Waals surface area contributed by atoms with Crippen LogP contribution in [0, 0.1) is 12.3 Å². The minimum absolute atomic E-state index is 0.681. The summed E-state index contributed by atoms with van der Waals surface area (Å²) in [5.41, 5.74) is 0.681. The maximum Gasteiger partial charge on any atom is 0.139 e. The van der Waals surface area contributed by atoms with Crippen molar-refractivity contribution in [3.8, 4) is 23.8 Å². The van der Waals surface area contributed by atoms with Crippen molar-refractivity contribution in [3.63, 3.8) is 0 Å². The summed E-state index contributed by atoms with van der Waals surface area (Å²) < 4.78 is 6.65. The van der Waals surface area contributed by atoms with E-state index in [1.54, 1.807) is 24.3 Å². The van der Waals surface area contributed by atoms with Crippen LogP contribution in [0.15, 0.2) is 53.0 Å². The number of rotatable bonds is 3. The van der Waals surface area contributed by atoms with E-state index >= 15 is 0 Å². The summed E-state index contributed by atoms with van der Waals surface area (Å²) in [5.74, 6) is 3.72. The second-order valence-electron chi connectivity index (χ2n) is 3.69. The predicted molar refractivity (Wildman–Crippen MR) is 74.5 cm³/mol. The summed E-state index contributed by atoms with van der Waals surface area (Å²) in [4.78, 5) is 0. The van der Waals surface area contributed by atoms with E-state index in [-0.39, 0.29) is 0 Å². The van der Waals surface area contributed by atoms with Crippen LogP contribution < -0.4 is 4.74 Å². The lowest BCUT2D eigenvalue weighted by Gasteiger charge is -2.08. The van der Waals surface area contributed by atoms with Gasteiger partial charge in [-0.05, 0) is 42.0 Å². The Labute approximate surface area is 114 Å². The van der Waals surface area contributed by atoms with Crippen LogP contribution >= 0.6 is 15.9 Å². The van der Waals surface area contributed by atoms with E-state index in [1.165, 1.54) is 0 Å². The molecule has 1 atom stereocenters. The van der Waals surface area contributed by atoms with E-state index in [0.717, 1.165) is 10.2 Å². The average molecular weight is 303 g/mol. The van der Waals surface area contributed by atoms with Crippen molar-refractivity contribution in [1.82, 2.24) is 0 Å². The maximum atomic E-state index is 9.46. The summed E-state index contributed by atoms with van der Waals surface area (Å²) in [7, 11) is 0. The highest BCUT2D eigenvalue weighted by Crippen LogP contribution is 2.24. The van der Waals surface area contributed by atoms with Crippen LogP contribution in [0.25, 0.3) is 0 Å². The predicted octanol–water partition coefficient (Wildman–Crippen LogP) is 3.91. The molecule has 3 heteroatoms. The second kappa shape index (κ2) is 5.72. The van der Waals surface area contributed by atoms with E-state index in [2.05, 4.69) is 21.9 Å². The SMILES string of the molecule is C#CC(O)c1ccc(Oc2ccc(Br)cc2)cc1. The number of halogens is 1. The van der Waals surface area contributed by atoms with Gasteiger partial charge in [0.05, 0.1) is 0 Å². The van der Waals surface area contributed by atoms with Crippen LogP contribution in [0.4, 0.5) is 0 Å². The van der Waals surface area contributed by atoms with Crippen molar-refractivity contribution in [1.29, 1.82) is 0 Å². The Morgan fingerprint density at radius 3 is 2.00 bits per heavy atom. The molecule has 0 aliphatic rings. The third kappa shape index (κ3) is 3.13. The van der Waals surface area contributed by atoms with Crippen molar-refractivity contribution in [2.75, 3.05) is 0 Å². The largest absolute Gasteiger partial charge is 0.457 e. The van der Waals surface area contributed by atoms with E-state index in [0.29, 0.717) is 11.3 Å². The van der Waals surface area contributed by atoms with Crippen LogP contribution in [0.2, 0.25) is 0 Å². The molecule has 1 unspecified atom stereocenters. The summed E-state index contributed by atoms with van der Waals surface area (Å²) in [6.07, 6.45) is 4.28. The van der Waals surface area contributed by atoms with E-state index in [1.807, 2.05) is 24.3 Å². The molecule has 2 aromatic rings. The number of aliphatic hydroxyl groups excluding tert-OH is 1. The number of ether oxygens (including phenoxy) is 1. The molecule has 0 heterocycles. The van der Waals surface area contributed by atoms with Gasteiger partial charge in [0.15, 0.2) is 0 Å².